The molecule has 0 amide bonds. The summed E-state index contributed by atoms with van der Waals surface area (Å²) < 4.78 is 1.57. The van der Waals surface area contributed by atoms with Gasteiger partial charge in [-0.2, -0.15) is 15.0 Å². The predicted octanol–water partition coefficient (Wildman–Crippen LogP) is 4.53. The third kappa shape index (κ3) is 4.09. The number of para-hydroxylation sites is 1. The minimum atomic E-state index is -0.0660. The van der Waals surface area contributed by atoms with E-state index in [1.165, 1.54) is 23.1 Å². The van der Waals surface area contributed by atoms with Crippen molar-refractivity contribution in [3.05, 3.63) is 69.4 Å². The number of rotatable bonds is 6. The Kier molecular flexibility index (Phi) is 5.60. The summed E-state index contributed by atoms with van der Waals surface area (Å²) in [6, 6.07) is 13.6. The number of nitrogen functional groups attached to an aromatic ring is 1. The van der Waals surface area contributed by atoms with Crippen molar-refractivity contribution in [3.8, 4) is 10.4 Å². The molecule has 32 heavy (non-hydrogen) atoms. The molecule has 8 nitrogen and oxygen atoms in total. The summed E-state index contributed by atoms with van der Waals surface area (Å²) in [5.41, 5.74) is 7.60. The van der Waals surface area contributed by atoms with Gasteiger partial charge in [0.05, 0.1) is 11.1 Å². The highest BCUT2D eigenvalue weighted by Crippen LogP contribution is 2.34. The Morgan fingerprint density at radius 3 is 2.69 bits per heavy atom. The fourth-order valence-corrected chi connectivity index (χ4v) is 5.76. The number of aromatic nitrogens is 5. The fraction of sp³-hybridized carbons (Fsp3) is 0.0952. The molecule has 0 radical (unpaired) electrons. The van der Waals surface area contributed by atoms with Crippen molar-refractivity contribution in [2.45, 2.75) is 10.9 Å². The Morgan fingerprint density at radius 1 is 1.06 bits per heavy atom. The highest BCUT2D eigenvalue weighted by atomic mass is 32.2. The van der Waals surface area contributed by atoms with Gasteiger partial charge in [-0.05, 0) is 23.6 Å². The maximum absolute atomic E-state index is 13.1. The zero-order valence-corrected chi connectivity index (χ0v) is 19.3. The molecule has 0 saturated carbocycles. The van der Waals surface area contributed by atoms with Crippen LogP contribution >= 0.6 is 34.4 Å². The minimum Gasteiger partial charge on any atom is -0.368 e. The molecule has 0 unspecified atom stereocenters. The Bertz CT molecular complexity index is 1450. The van der Waals surface area contributed by atoms with Crippen molar-refractivity contribution in [3.63, 3.8) is 0 Å². The van der Waals surface area contributed by atoms with Gasteiger partial charge in [-0.25, -0.2) is 4.98 Å². The van der Waals surface area contributed by atoms with Crippen molar-refractivity contribution in [1.29, 1.82) is 0 Å². The number of thioether (sulfide) groups is 1. The lowest BCUT2D eigenvalue weighted by molar-refractivity contribution is 0.727. The van der Waals surface area contributed by atoms with Gasteiger partial charge in [0.25, 0.3) is 5.56 Å². The van der Waals surface area contributed by atoms with Crippen LogP contribution in [0.4, 0.5) is 17.6 Å². The van der Waals surface area contributed by atoms with E-state index in [0.717, 1.165) is 21.0 Å². The lowest BCUT2D eigenvalue weighted by Gasteiger charge is -2.09. The second kappa shape index (κ2) is 8.69. The zero-order valence-electron chi connectivity index (χ0n) is 16.8. The van der Waals surface area contributed by atoms with Crippen LogP contribution in [0.2, 0.25) is 0 Å². The maximum Gasteiger partial charge on any atom is 0.263 e. The second-order valence-electron chi connectivity index (χ2n) is 6.78. The smallest absolute Gasteiger partial charge is 0.263 e. The summed E-state index contributed by atoms with van der Waals surface area (Å²) in [4.78, 5) is 32.4. The van der Waals surface area contributed by atoms with Crippen molar-refractivity contribution < 1.29 is 0 Å². The summed E-state index contributed by atoms with van der Waals surface area (Å²) in [5.74, 6) is 1.40. The van der Waals surface area contributed by atoms with Crippen LogP contribution in [0.25, 0.3) is 20.7 Å². The van der Waals surface area contributed by atoms with E-state index in [9.17, 15) is 4.79 Å². The normalized spacial score (nSPS) is 11.2. The number of hydrogen-bond donors (Lipinski definition) is 2. The Labute approximate surface area is 195 Å². The van der Waals surface area contributed by atoms with Crippen molar-refractivity contribution in [2.75, 3.05) is 11.1 Å². The molecule has 0 spiro atoms. The third-order valence-electron chi connectivity index (χ3n) is 4.62. The number of nitrogens with one attached hydrogen (secondary N) is 1. The van der Waals surface area contributed by atoms with Crippen molar-refractivity contribution >= 4 is 62.2 Å². The van der Waals surface area contributed by atoms with Crippen LogP contribution in [0.5, 0.6) is 0 Å². The molecule has 0 aliphatic rings. The SMILES string of the molecule is Cn1c(SCc2nc(N)nc(Nc3ccccc3)n2)nc2scc(-c3cccs3)c2c1=O. The molecule has 5 aromatic rings. The molecular weight excluding hydrogens is 462 g/mol. The van der Waals surface area contributed by atoms with E-state index in [1.807, 2.05) is 53.2 Å². The molecule has 11 heteroatoms. The molecule has 0 bridgehead atoms. The highest BCUT2D eigenvalue weighted by Gasteiger charge is 2.17. The summed E-state index contributed by atoms with van der Waals surface area (Å²) in [6.45, 7) is 0. The third-order valence-corrected chi connectivity index (χ3v) is 7.42. The summed E-state index contributed by atoms with van der Waals surface area (Å²) >= 11 is 4.47. The number of benzene rings is 1. The first kappa shape index (κ1) is 20.6. The van der Waals surface area contributed by atoms with E-state index in [1.54, 1.807) is 23.0 Å². The molecule has 5 rings (SSSR count). The molecule has 1 aromatic carbocycles. The first-order valence-electron chi connectivity index (χ1n) is 9.56. The Hall–Kier alpha value is -3.28. The summed E-state index contributed by atoms with van der Waals surface area (Å²) in [5, 5.41) is 8.37. The van der Waals surface area contributed by atoms with Crippen LogP contribution < -0.4 is 16.6 Å². The average Bonchev–Trinajstić information content (AvgIpc) is 3.45. The molecule has 0 saturated heterocycles. The molecule has 3 N–H and O–H groups in total. The Balaban J connectivity index is 1.41. The first-order chi connectivity index (χ1) is 15.6. The molecule has 0 aliphatic heterocycles. The molecule has 0 atom stereocenters. The lowest BCUT2D eigenvalue weighted by atomic mass is 10.2. The maximum atomic E-state index is 13.1. The van der Waals surface area contributed by atoms with Crippen LogP contribution in [-0.2, 0) is 12.8 Å². The largest absolute Gasteiger partial charge is 0.368 e. The van der Waals surface area contributed by atoms with Gasteiger partial charge in [-0.1, -0.05) is 36.0 Å². The van der Waals surface area contributed by atoms with Crippen molar-refractivity contribution in [2.24, 2.45) is 7.05 Å². The van der Waals surface area contributed by atoms with E-state index in [0.29, 0.717) is 28.1 Å². The average molecular weight is 480 g/mol. The molecular formula is C21H17N7OS3. The van der Waals surface area contributed by atoms with Crippen LogP contribution in [0.3, 0.4) is 0 Å². The van der Waals surface area contributed by atoms with Gasteiger partial charge < -0.3 is 11.1 Å². The van der Waals surface area contributed by atoms with Gasteiger partial charge in [-0.3, -0.25) is 9.36 Å². The van der Waals surface area contributed by atoms with E-state index < -0.39 is 0 Å². The highest BCUT2D eigenvalue weighted by molar-refractivity contribution is 7.98. The minimum absolute atomic E-state index is 0.0660. The lowest BCUT2D eigenvalue weighted by Crippen LogP contribution is -2.19. The van der Waals surface area contributed by atoms with Gasteiger partial charge in [0, 0.05) is 28.6 Å². The zero-order chi connectivity index (χ0) is 22.1. The van der Waals surface area contributed by atoms with Crippen molar-refractivity contribution in [1.82, 2.24) is 24.5 Å². The number of nitrogens with two attached hydrogens (primary N) is 1. The van der Waals surface area contributed by atoms with Crippen LogP contribution in [0.1, 0.15) is 5.82 Å². The number of anilines is 3. The van der Waals surface area contributed by atoms with E-state index in [2.05, 4.69) is 20.3 Å². The van der Waals surface area contributed by atoms with Gasteiger partial charge >= 0.3 is 0 Å². The topological polar surface area (TPSA) is 112 Å². The van der Waals surface area contributed by atoms with E-state index >= 15 is 0 Å². The quantitative estimate of drug-likeness (QED) is 0.270. The first-order valence-corrected chi connectivity index (χ1v) is 12.3. The van der Waals surface area contributed by atoms with Crippen LogP contribution in [0.15, 0.2) is 63.2 Å². The predicted molar refractivity (Wildman–Crippen MR) is 132 cm³/mol. The molecule has 4 heterocycles. The molecule has 160 valence electrons. The standard InChI is InChI=1S/C21H17N7OS3/c1-28-18(29)16-13(14-8-5-9-30-14)10-31-17(16)26-21(28)32-11-15-24-19(22)27-20(25-15)23-12-6-3-2-4-7-12/h2-10H,11H2,1H3,(H3,22,23,24,25,27). The Morgan fingerprint density at radius 2 is 1.91 bits per heavy atom. The van der Waals surface area contributed by atoms with Gasteiger partial charge in [0.2, 0.25) is 11.9 Å². The number of fused-ring (bicyclic) bond motifs is 1. The second-order valence-corrected chi connectivity index (χ2v) is 9.53. The van der Waals surface area contributed by atoms with Gasteiger partial charge in [0.1, 0.15) is 10.7 Å². The summed E-state index contributed by atoms with van der Waals surface area (Å²) in [7, 11) is 1.73. The van der Waals surface area contributed by atoms with E-state index in [-0.39, 0.29) is 11.5 Å². The van der Waals surface area contributed by atoms with Gasteiger partial charge in [-0.15, -0.1) is 22.7 Å². The molecule has 4 aromatic heterocycles. The number of nitrogens with zero attached hydrogens (tertiary/aromatic N) is 5. The van der Waals surface area contributed by atoms with Crippen LogP contribution in [0, 0.1) is 0 Å². The fourth-order valence-electron chi connectivity index (χ4n) is 3.13. The molecule has 0 fully saturated rings. The van der Waals surface area contributed by atoms with Crippen LogP contribution in [-0.4, -0.2) is 24.5 Å². The van der Waals surface area contributed by atoms with Gasteiger partial charge in [0.15, 0.2) is 5.16 Å². The number of thiophene rings is 2. The van der Waals surface area contributed by atoms with E-state index in [4.69, 9.17) is 10.7 Å². The number of hydrogen-bond acceptors (Lipinski definition) is 10. The summed E-state index contributed by atoms with van der Waals surface area (Å²) in [6.07, 6.45) is 0. The monoisotopic (exact) mass is 479 g/mol. The molecule has 0 aliphatic carbocycles.